The second-order valence-electron chi connectivity index (χ2n) is 7.50. The molecule has 1 amide bonds. The number of pyridine rings is 1. The largest absolute Gasteiger partial charge is 0.355 e. The number of aryl methyl sites for hydroxylation is 1. The van der Waals surface area contributed by atoms with Gasteiger partial charge in [-0.05, 0) is 33.3 Å². The third kappa shape index (κ3) is 4.11. The second kappa shape index (κ2) is 8.18. The number of carbonyl (C=O) groups excluding carboxylic acids is 1. The molecule has 0 saturated carbocycles. The number of rotatable bonds is 5. The summed E-state index contributed by atoms with van der Waals surface area (Å²) in [4.78, 5) is 28.7. The van der Waals surface area contributed by atoms with E-state index < -0.39 is 0 Å². The Morgan fingerprint density at radius 2 is 2.11 bits per heavy atom. The van der Waals surface area contributed by atoms with Crippen LogP contribution in [-0.2, 0) is 0 Å². The number of nitrogens with zero attached hydrogens (tertiary/aromatic N) is 5. The fourth-order valence-corrected chi connectivity index (χ4v) is 3.49. The highest BCUT2D eigenvalue weighted by Crippen LogP contribution is 2.25. The van der Waals surface area contributed by atoms with Crippen LogP contribution in [0.2, 0.25) is 0 Å². The standard InChI is InChI=1S/C20H27FN6O/c1-12-13(2)24-18(20(28)26(4)5)25-19(12)27-9-7-15(11-27)23-14(3)16-6-8-22-10-17(16)21/h6,8,10,14-15,23H,7,9,11H2,1-5H3/t14?,15-/m1/s1. The van der Waals surface area contributed by atoms with Crippen molar-refractivity contribution in [1.82, 2.24) is 25.2 Å². The van der Waals surface area contributed by atoms with Gasteiger partial charge in [-0.3, -0.25) is 9.78 Å². The number of carbonyl (C=O) groups is 1. The summed E-state index contributed by atoms with van der Waals surface area (Å²) in [5.41, 5.74) is 2.39. The number of hydrogen-bond donors (Lipinski definition) is 1. The van der Waals surface area contributed by atoms with Gasteiger partial charge in [0.1, 0.15) is 11.6 Å². The van der Waals surface area contributed by atoms with E-state index in [2.05, 4.69) is 25.2 Å². The number of halogens is 1. The van der Waals surface area contributed by atoms with Crippen LogP contribution in [0.15, 0.2) is 18.5 Å². The first-order valence-electron chi connectivity index (χ1n) is 9.45. The van der Waals surface area contributed by atoms with Crippen molar-refractivity contribution in [3.63, 3.8) is 0 Å². The van der Waals surface area contributed by atoms with Gasteiger partial charge in [0.05, 0.1) is 6.20 Å². The van der Waals surface area contributed by atoms with Gasteiger partial charge in [0.25, 0.3) is 5.91 Å². The van der Waals surface area contributed by atoms with Gasteiger partial charge in [-0.25, -0.2) is 14.4 Å². The maximum atomic E-state index is 14.0. The fraction of sp³-hybridized carbons (Fsp3) is 0.500. The van der Waals surface area contributed by atoms with Crippen molar-refractivity contribution in [2.24, 2.45) is 0 Å². The molecule has 28 heavy (non-hydrogen) atoms. The van der Waals surface area contributed by atoms with E-state index in [0.717, 1.165) is 36.6 Å². The van der Waals surface area contributed by atoms with Crippen LogP contribution in [0.1, 0.15) is 46.8 Å². The molecule has 0 bridgehead atoms. The zero-order chi connectivity index (χ0) is 20.4. The number of aromatic nitrogens is 3. The topological polar surface area (TPSA) is 74.2 Å². The lowest BCUT2D eigenvalue weighted by molar-refractivity contribution is 0.0815. The monoisotopic (exact) mass is 386 g/mol. The molecule has 1 aliphatic rings. The van der Waals surface area contributed by atoms with Crippen LogP contribution in [0, 0.1) is 19.7 Å². The molecule has 2 aromatic rings. The third-order valence-corrected chi connectivity index (χ3v) is 5.20. The van der Waals surface area contributed by atoms with E-state index in [9.17, 15) is 9.18 Å². The highest BCUT2D eigenvalue weighted by molar-refractivity contribution is 5.90. The summed E-state index contributed by atoms with van der Waals surface area (Å²) in [6.45, 7) is 7.38. The first-order valence-corrected chi connectivity index (χ1v) is 9.45. The normalized spacial score (nSPS) is 17.6. The quantitative estimate of drug-likeness (QED) is 0.850. The Balaban J connectivity index is 1.75. The number of nitrogens with one attached hydrogen (secondary N) is 1. The zero-order valence-corrected chi connectivity index (χ0v) is 17.0. The number of amides is 1. The van der Waals surface area contributed by atoms with Crippen molar-refractivity contribution in [2.75, 3.05) is 32.1 Å². The summed E-state index contributed by atoms with van der Waals surface area (Å²) in [6.07, 6.45) is 3.76. The highest BCUT2D eigenvalue weighted by atomic mass is 19.1. The lowest BCUT2D eigenvalue weighted by atomic mass is 10.1. The van der Waals surface area contributed by atoms with E-state index in [0.29, 0.717) is 5.56 Å². The lowest BCUT2D eigenvalue weighted by Gasteiger charge is -2.23. The van der Waals surface area contributed by atoms with Crippen LogP contribution in [0.4, 0.5) is 10.2 Å². The molecule has 0 spiro atoms. The Bertz CT molecular complexity index is 872. The molecule has 1 saturated heterocycles. The SMILES string of the molecule is Cc1nc(C(=O)N(C)C)nc(N2CC[C@@H](NC(C)c3ccncc3F)C2)c1C. The Morgan fingerprint density at radius 1 is 1.36 bits per heavy atom. The molecule has 0 radical (unpaired) electrons. The molecule has 8 heteroatoms. The van der Waals surface area contributed by atoms with Gasteiger partial charge in [0.15, 0.2) is 0 Å². The van der Waals surface area contributed by atoms with Crippen LogP contribution in [-0.4, -0.2) is 59.0 Å². The van der Waals surface area contributed by atoms with Crippen LogP contribution in [0.5, 0.6) is 0 Å². The fourth-order valence-electron chi connectivity index (χ4n) is 3.49. The molecule has 3 rings (SSSR count). The Labute approximate surface area is 165 Å². The van der Waals surface area contributed by atoms with Crippen LogP contribution in [0.25, 0.3) is 0 Å². The summed E-state index contributed by atoms with van der Waals surface area (Å²) in [6, 6.07) is 1.79. The smallest absolute Gasteiger partial charge is 0.291 e. The highest BCUT2D eigenvalue weighted by Gasteiger charge is 2.28. The molecule has 150 valence electrons. The maximum absolute atomic E-state index is 14.0. The molecule has 2 atom stereocenters. The average Bonchev–Trinajstić information content (AvgIpc) is 3.11. The van der Waals surface area contributed by atoms with Crippen LogP contribution < -0.4 is 10.2 Å². The molecule has 1 fully saturated rings. The molecule has 2 aromatic heterocycles. The van der Waals surface area contributed by atoms with Gasteiger partial charge in [-0.2, -0.15) is 0 Å². The van der Waals surface area contributed by atoms with E-state index in [-0.39, 0.29) is 29.6 Å². The van der Waals surface area contributed by atoms with Gasteiger partial charge in [0.2, 0.25) is 5.82 Å². The number of hydrogen-bond acceptors (Lipinski definition) is 6. The minimum absolute atomic E-state index is 0.118. The molecule has 1 aliphatic heterocycles. The summed E-state index contributed by atoms with van der Waals surface area (Å²) in [5, 5.41) is 3.50. The van der Waals surface area contributed by atoms with Crippen LogP contribution in [0.3, 0.4) is 0 Å². The molecule has 0 aromatic carbocycles. The van der Waals surface area contributed by atoms with Gasteiger partial charge in [0, 0.05) is 62.3 Å². The summed E-state index contributed by atoms with van der Waals surface area (Å²) < 4.78 is 14.0. The number of anilines is 1. The molecule has 7 nitrogen and oxygen atoms in total. The predicted octanol–water partition coefficient (Wildman–Crippen LogP) is 2.26. The van der Waals surface area contributed by atoms with Gasteiger partial charge < -0.3 is 15.1 Å². The van der Waals surface area contributed by atoms with E-state index in [4.69, 9.17) is 0 Å². The van der Waals surface area contributed by atoms with Crippen molar-refractivity contribution < 1.29 is 9.18 Å². The van der Waals surface area contributed by atoms with Gasteiger partial charge >= 0.3 is 0 Å². The van der Waals surface area contributed by atoms with E-state index in [1.54, 1.807) is 26.4 Å². The second-order valence-corrected chi connectivity index (χ2v) is 7.50. The Kier molecular flexibility index (Phi) is 5.88. The Hall–Kier alpha value is -2.61. The minimum atomic E-state index is -0.300. The zero-order valence-electron chi connectivity index (χ0n) is 17.0. The van der Waals surface area contributed by atoms with E-state index in [1.807, 2.05) is 20.8 Å². The average molecular weight is 386 g/mol. The first kappa shape index (κ1) is 20.1. The van der Waals surface area contributed by atoms with Crippen LogP contribution >= 0.6 is 0 Å². The van der Waals surface area contributed by atoms with Gasteiger partial charge in [-0.1, -0.05) is 0 Å². The molecule has 3 heterocycles. The van der Waals surface area contributed by atoms with Gasteiger partial charge in [-0.15, -0.1) is 0 Å². The summed E-state index contributed by atoms with van der Waals surface area (Å²) in [7, 11) is 3.38. The molecule has 0 aliphatic carbocycles. The lowest BCUT2D eigenvalue weighted by Crippen LogP contribution is -2.35. The molecule has 1 N–H and O–H groups in total. The van der Waals surface area contributed by atoms with E-state index >= 15 is 0 Å². The third-order valence-electron chi connectivity index (χ3n) is 5.20. The minimum Gasteiger partial charge on any atom is -0.355 e. The van der Waals surface area contributed by atoms with Crippen molar-refractivity contribution in [3.8, 4) is 0 Å². The summed E-state index contributed by atoms with van der Waals surface area (Å²) >= 11 is 0. The predicted molar refractivity (Wildman–Crippen MR) is 106 cm³/mol. The van der Waals surface area contributed by atoms with Crippen molar-refractivity contribution in [1.29, 1.82) is 0 Å². The Morgan fingerprint density at radius 3 is 2.79 bits per heavy atom. The first-order chi connectivity index (χ1) is 13.3. The van der Waals surface area contributed by atoms with E-state index in [1.165, 1.54) is 11.1 Å². The maximum Gasteiger partial charge on any atom is 0.291 e. The van der Waals surface area contributed by atoms with Crippen molar-refractivity contribution in [2.45, 2.75) is 39.3 Å². The molecular formula is C20H27FN6O. The van der Waals surface area contributed by atoms with Crippen molar-refractivity contribution in [3.05, 3.63) is 46.9 Å². The van der Waals surface area contributed by atoms with Crippen molar-refractivity contribution >= 4 is 11.7 Å². The molecule has 1 unspecified atom stereocenters. The molecular weight excluding hydrogens is 359 g/mol. The summed E-state index contributed by atoms with van der Waals surface area (Å²) in [5.74, 6) is 0.503.